The van der Waals surface area contributed by atoms with Crippen LogP contribution in [0.15, 0.2) is 71.7 Å². The highest BCUT2D eigenvalue weighted by Crippen LogP contribution is 2.36. The maximum atomic E-state index is 6.30. The third kappa shape index (κ3) is 3.97. The van der Waals surface area contributed by atoms with Crippen molar-refractivity contribution in [1.29, 1.82) is 0 Å². The van der Waals surface area contributed by atoms with E-state index in [-0.39, 0.29) is 0 Å². The molecule has 9 heteroatoms. The van der Waals surface area contributed by atoms with Gasteiger partial charge in [0.05, 0.1) is 46.7 Å². The summed E-state index contributed by atoms with van der Waals surface area (Å²) in [6.07, 6.45) is 13.8. The number of aliphatic imine (C=N–C) groups is 1. The molecule has 1 aliphatic rings. The number of H-pyrrole nitrogens is 2. The average molecular weight is 505 g/mol. The summed E-state index contributed by atoms with van der Waals surface area (Å²) in [7, 11) is 0. The van der Waals surface area contributed by atoms with Crippen molar-refractivity contribution < 1.29 is 0 Å². The van der Waals surface area contributed by atoms with Crippen molar-refractivity contribution in [2.24, 2.45) is 16.6 Å². The SMILES string of the molecule is NC(=Nc1cncc(-c2cc3c(-c4cc5c(-c6cccs6)cncc5[nH]4)n[nH]c3cn2)c1)C1CCCC1. The van der Waals surface area contributed by atoms with Crippen LogP contribution in [0.4, 0.5) is 5.69 Å². The number of nitrogens with zero attached hydrogens (tertiary/aromatic N) is 5. The Morgan fingerprint density at radius 1 is 0.973 bits per heavy atom. The summed E-state index contributed by atoms with van der Waals surface area (Å²) in [5, 5.41) is 11.9. The Balaban J connectivity index is 1.27. The van der Waals surface area contributed by atoms with E-state index in [4.69, 9.17) is 5.73 Å². The molecule has 0 bridgehead atoms. The van der Waals surface area contributed by atoms with Gasteiger partial charge >= 0.3 is 0 Å². The minimum atomic E-state index is 0.374. The highest BCUT2D eigenvalue weighted by atomic mass is 32.1. The Kier molecular flexibility index (Phi) is 5.28. The summed E-state index contributed by atoms with van der Waals surface area (Å²) in [6.45, 7) is 0. The Bertz CT molecular complexity index is 1760. The third-order valence-electron chi connectivity index (χ3n) is 7.09. The number of aromatic amines is 2. The molecule has 182 valence electrons. The molecule has 0 saturated heterocycles. The van der Waals surface area contributed by atoms with Crippen LogP contribution >= 0.6 is 11.3 Å². The first-order valence-electron chi connectivity index (χ1n) is 12.4. The number of thiophene rings is 1. The lowest BCUT2D eigenvalue weighted by Crippen LogP contribution is -2.20. The van der Waals surface area contributed by atoms with Gasteiger partial charge in [-0.05, 0) is 42.5 Å². The highest BCUT2D eigenvalue weighted by molar-refractivity contribution is 7.13. The van der Waals surface area contributed by atoms with Crippen molar-refractivity contribution in [2.75, 3.05) is 0 Å². The summed E-state index contributed by atoms with van der Waals surface area (Å²) in [4.78, 5) is 22.9. The van der Waals surface area contributed by atoms with Gasteiger partial charge in [-0.25, -0.2) is 4.99 Å². The van der Waals surface area contributed by atoms with Gasteiger partial charge in [0.1, 0.15) is 11.5 Å². The molecule has 6 heterocycles. The zero-order chi connectivity index (χ0) is 24.8. The summed E-state index contributed by atoms with van der Waals surface area (Å²) in [6, 6.07) is 10.3. The topological polar surface area (TPSA) is 122 Å². The lowest BCUT2D eigenvalue weighted by Gasteiger charge is -2.08. The van der Waals surface area contributed by atoms with Crippen molar-refractivity contribution in [1.82, 2.24) is 30.1 Å². The number of pyridine rings is 3. The van der Waals surface area contributed by atoms with E-state index in [0.29, 0.717) is 11.8 Å². The molecule has 0 aliphatic heterocycles. The van der Waals surface area contributed by atoms with Crippen molar-refractivity contribution >= 4 is 44.7 Å². The normalized spacial score (nSPS) is 14.8. The van der Waals surface area contributed by atoms with Crippen LogP contribution in [0, 0.1) is 5.92 Å². The van der Waals surface area contributed by atoms with Gasteiger partial charge in [0.15, 0.2) is 0 Å². The number of nitrogens with two attached hydrogens (primary N) is 1. The summed E-state index contributed by atoms with van der Waals surface area (Å²) < 4.78 is 0. The van der Waals surface area contributed by atoms with Crippen LogP contribution in [0.5, 0.6) is 0 Å². The van der Waals surface area contributed by atoms with Gasteiger partial charge in [0.2, 0.25) is 0 Å². The van der Waals surface area contributed by atoms with E-state index in [0.717, 1.165) is 68.5 Å². The second kappa shape index (κ2) is 8.94. The summed E-state index contributed by atoms with van der Waals surface area (Å²) >= 11 is 1.70. The molecule has 6 aromatic rings. The van der Waals surface area contributed by atoms with Crippen molar-refractivity contribution in [2.45, 2.75) is 25.7 Å². The quantitative estimate of drug-likeness (QED) is 0.183. The Labute approximate surface area is 216 Å². The maximum Gasteiger partial charge on any atom is 0.116 e. The van der Waals surface area contributed by atoms with E-state index in [2.05, 4.69) is 58.7 Å². The first-order valence-corrected chi connectivity index (χ1v) is 13.3. The molecule has 1 saturated carbocycles. The van der Waals surface area contributed by atoms with Crippen molar-refractivity contribution in [3.63, 3.8) is 0 Å². The Morgan fingerprint density at radius 3 is 2.73 bits per heavy atom. The fourth-order valence-electron chi connectivity index (χ4n) is 5.18. The number of rotatable bonds is 5. The van der Waals surface area contributed by atoms with Crippen LogP contribution in [0.1, 0.15) is 25.7 Å². The zero-order valence-electron chi connectivity index (χ0n) is 20.0. The molecule has 0 atom stereocenters. The predicted octanol–water partition coefficient (Wildman–Crippen LogP) is 6.47. The minimum absolute atomic E-state index is 0.374. The van der Waals surface area contributed by atoms with Crippen LogP contribution in [-0.4, -0.2) is 36.0 Å². The average Bonchev–Trinajstić information content (AvgIpc) is 3.74. The molecule has 0 spiro atoms. The summed E-state index contributed by atoms with van der Waals surface area (Å²) in [5.74, 6) is 1.07. The first kappa shape index (κ1) is 21.9. The van der Waals surface area contributed by atoms with E-state index in [9.17, 15) is 0 Å². The van der Waals surface area contributed by atoms with E-state index in [1.54, 1.807) is 23.7 Å². The van der Waals surface area contributed by atoms with Crippen LogP contribution in [0.2, 0.25) is 0 Å². The molecule has 0 radical (unpaired) electrons. The van der Waals surface area contributed by atoms with Crippen molar-refractivity contribution in [3.8, 4) is 33.1 Å². The van der Waals surface area contributed by atoms with Crippen molar-refractivity contribution in [3.05, 3.63) is 66.7 Å². The molecule has 0 amide bonds. The van der Waals surface area contributed by atoms with Crippen LogP contribution in [0.3, 0.4) is 0 Å². The standard InChI is InChI=1S/C28H24N8S/c29-28(16-4-1-2-5-16)33-18-8-17(11-30-12-18)22-10-20-25(15-32-22)35-36-27(20)23-9-19-21(26-6-3-7-37-26)13-31-14-24(19)34-23/h3,6-16,34H,1-2,4-5H2,(H2,29,33)(H,35,36). The van der Waals surface area contributed by atoms with E-state index in [1.807, 2.05) is 30.7 Å². The van der Waals surface area contributed by atoms with Gasteiger partial charge in [0, 0.05) is 45.1 Å². The zero-order valence-corrected chi connectivity index (χ0v) is 20.8. The molecule has 6 aromatic heterocycles. The number of aromatic nitrogens is 6. The van der Waals surface area contributed by atoms with E-state index >= 15 is 0 Å². The second-order valence-electron chi connectivity index (χ2n) is 9.45. The largest absolute Gasteiger partial charge is 0.387 e. The molecule has 1 aliphatic carbocycles. The van der Waals surface area contributed by atoms with Gasteiger partial charge < -0.3 is 10.7 Å². The van der Waals surface area contributed by atoms with Gasteiger partial charge in [-0.1, -0.05) is 18.9 Å². The van der Waals surface area contributed by atoms with Gasteiger partial charge in [-0.3, -0.25) is 20.1 Å². The second-order valence-corrected chi connectivity index (χ2v) is 10.4. The maximum absolute atomic E-state index is 6.30. The van der Waals surface area contributed by atoms with Crippen LogP contribution in [-0.2, 0) is 0 Å². The third-order valence-corrected chi connectivity index (χ3v) is 7.99. The smallest absolute Gasteiger partial charge is 0.116 e. The van der Waals surface area contributed by atoms with E-state index < -0.39 is 0 Å². The number of nitrogens with one attached hydrogen (secondary N) is 2. The molecule has 1 fully saturated rings. The molecule has 0 unspecified atom stereocenters. The molecule has 0 aromatic carbocycles. The number of amidine groups is 1. The molecular formula is C28H24N8S. The van der Waals surface area contributed by atoms with Gasteiger partial charge in [-0.2, -0.15) is 5.10 Å². The van der Waals surface area contributed by atoms with Gasteiger partial charge in [0.25, 0.3) is 0 Å². The van der Waals surface area contributed by atoms with E-state index in [1.165, 1.54) is 17.7 Å². The molecule has 4 N–H and O–H groups in total. The number of fused-ring (bicyclic) bond motifs is 2. The summed E-state index contributed by atoms with van der Waals surface area (Å²) in [5.41, 5.74) is 13.4. The lowest BCUT2D eigenvalue weighted by molar-refractivity contribution is 0.722. The minimum Gasteiger partial charge on any atom is -0.387 e. The predicted molar refractivity (Wildman–Crippen MR) is 149 cm³/mol. The van der Waals surface area contributed by atoms with Gasteiger partial charge in [-0.15, -0.1) is 11.3 Å². The highest BCUT2D eigenvalue weighted by Gasteiger charge is 2.19. The molecule has 37 heavy (non-hydrogen) atoms. The Morgan fingerprint density at radius 2 is 1.86 bits per heavy atom. The number of hydrogen-bond acceptors (Lipinski definition) is 6. The van der Waals surface area contributed by atoms with Crippen LogP contribution < -0.4 is 5.73 Å². The fraction of sp³-hybridized carbons (Fsp3) is 0.179. The molecule has 8 nitrogen and oxygen atoms in total. The monoisotopic (exact) mass is 504 g/mol. The van der Waals surface area contributed by atoms with Crippen LogP contribution in [0.25, 0.3) is 54.9 Å². The number of hydrogen-bond donors (Lipinski definition) is 3. The molecular weight excluding hydrogens is 480 g/mol. The fourth-order valence-corrected chi connectivity index (χ4v) is 5.93. The first-order chi connectivity index (χ1) is 18.2. The Hall–Kier alpha value is -4.37. The molecule has 7 rings (SSSR count). The lowest BCUT2D eigenvalue weighted by atomic mass is 10.1.